The highest BCUT2D eigenvalue weighted by atomic mass is 32.1. The van der Waals surface area contributed by atoms with E-state index in [9.17, 15) is 0 Å². The molecule has 4 heteroatoms. The number of nitrogens with zero attached hydrogens (tertiary/aromatic N) is 1. The number of ether oxygens (including phenoxy) is 1. The summed E-state index contributed by atoms with van der Waals surface area (Å²) in [6, 6.07) is 2.98. The van der Waals surface area contributed by atoms with E-state index in [1.54, 1.807) is 11.3 Å². The first-order valence-electron chi connectivity index (χ1n) is 8.23. The summed E-state index contributed by atoms with van der Waals surface area (Å²) >= 11 is 1.79. The van der Waals surface area contributed by atoms with Gasteiger partial charge in [0.1, 0.15) is 0 Å². The van der Waals surface area contributed by atoms with Crippen LogP contribution in [0.4, 0.5) is 0 Å². The number of rotatable bonds is 6. The SMILES string of the molecule is CCC1(C)CC(CN)(N(Cc2ccsc2)C2CC2)CCO1. The molecule has 2 unspecified atom stereocenters. The van der Waals surface area contributed by atoms with Crippen molar-refractivity contribution in [1.29, 1.82) is 0 Å². The van der Waals surface area contributed by atoms with Crippen LogP contribution in [0.1, 0.15) is 51.5 Å². The molecule has 0 aromatic carbocycles. The van der Waals surface area contributed by atoms with Crippen LogP contribution in [0.25, 0.3) is 0 Å². The van der Waals surface area contributed by atoms with Crippen LogP contribution in [0.3, 0.4) is 0 Å². The Hall–Kier alpha value is -0.420. The van der Waals surface area contributed by atoms with Crippen molar-refractivity contribution in [2.75, 3.05) is 13.2 Å². The molecule has 1 aliphatic carbocycles. The molecule has 1 saturated carbocycles. The molecule has 3 nitrogen and oxygen atoms in total. The van der Waals surface area contributed by atoms with Crippen LogP contribution in [0.15, 0.2) is 16.8 Å². The highest BCUT2D eigenvalue weighted by Crippen LogP contribution is 2.43. The van der Waals surface area contributed by atoms with Gasteiger partial charge in [-0.1, -0.05) is 6.92 Å². The van der Waals surface area contributed by atoms with Crippen LogP contribution < -0.4 is 5.73 Å². The second kappa shape index (κ2) is 5.99. The molecule has 0 bridgehead atoms. The average Bonchev–Trinajstić information content (AvgIpc) is 3.21. The minimum Gasteiger partial charge on any atom is -0.375 e. The third-order valence-corrected chi connectivity index (χ3v) is 6.11. The molecule has 2 N–H and O–H groups in total. The molecule has 0 amide bonds. The molecule has 1 saturated heterocycles. The Balaban J connectivity index is 1.84. The molecule has 2 aliphatic rings. The number of thiophene rings is 1. The van der Waals surface area contributed by atoms with E-state index in [4.69, 9.17) is 10.5 Å². The molecule has 1 aromatic heterocycles. The Morgan fingerprint density at radius 1 is 1.48 bits per heavy atom. The van der Waals surface area contributed by atoms with E-state index in [1.165, 1.54) is 18.4 Å². The third-order valence-electron chi connectivity index (χ3n) is 5.38. The Morgan fingerprint density at radius 2 is 2.29 bits per heavy atom. The molecule has 118 valence electrons. The fraction of sp³-hybridized carbons (Fsp3) is 0.765. The van der Waals surface area contributed by atoms with Gasteiger partial charge in [0.25, 0.3) is 0 Å². The highest BCUT2D eigenvalue weighted by Gasteiger charge is 2.49. The van der Waals surface area contributed by atoms with Gasteiger partial charge in [0.15, 0.2) is 0 Å². The monoisotopic (exact) mass is 308 g/mol. The largest absolute Gasteiger partial charge is 0.375 e. The van der Waals surface area contributed by atoms with Crippen LogP contribution in [-0.2, 0) is 11.3 Å². The van der Waals surface area contributed by atoms with Gasteiger partial charge in [0.05, 0.1) is 5.60 Å². The zero-order valence-corrected chi connectivity index (χ0v) is 14.1. The summed E-state index contributed by atoms with van der Waals surface area (Å²) in [6.07, 6.45) is 5.85. The number of nitrogens with two attached hydrogens (primary N) is 1. The van der Waals surface area contributed by atoms with Crippen LogP contribution in [-0.4, -0.2) is 35.2 Å². The van der Waals surface area contributed by atoms with Gasteiger partial charge in [-0.05, 0) is 61.4 Å². The van der Waals surface area contributed by atoms with Crippen molar-refractivity contribution in [3.8, 4) is 0 Å². The van der Waals surface area contributed by atoms with E-state index in [0.717, 1.165) is 45.0 Å². The van der Waals surface area contributed by atoms with Crippen molar-refractivity contribution in [2.24, 2.45) is 5.73 Å². The van der Waals surface area contributed by atoms with Crippen molar-refractivity contribution in [1.82, 2.24) is 4.90 Å². The van der Waals surface area contributed by atoms with Gasteiger partial charge in [-0.2, -0.15) is 11.3 Å². The van der Waals surface area contributed by atoms with E-state index in [2.05, 4.69) is 35.6 Å². The van der Waals surface area contributed by atoms with Gasteiger partial charge in [0.2, 0.25) is 0 Å². The van der Waals surface area contributed by atoms with Gasteiger partial charge >= 0.3 is 0 Å². The number of hydrogen-bond acceptors (Lipinski definition) is 4. The summed E-state index contributed by atoms with van der Waals surface area (Å²) in [7, 11) is 0. The highest BCUT2D eigenvalue weighted by molar-refractivity contribution is 7.07. The number of hydrogen-bond donors (Lipinski definition) is 1. The van der Waals surface area contributed by atoms with Crippen molar-refractivity contribution < 1.29 is 4.74 Å². The van der Waals surface area contributed by atoms with Crippen LogP contribution >= 0.6 is 11.3 Å². The lowest BCUT2D eigenvalue weighted by Gasteiger charge is -2.52. The van der Waals surface area contributed by atoms with E-state index in [1.807, 2.05) is 0 Å². The van der Waals surface area contributed by atoms with Crippen LogP contribution in [0, 0.1) is 0 Å². The summed E-state index contributed by atoms with van der Waals surface area (Å²) in [4.78, 5) is 2.71. The zero-order valence-electron chi connectivity index (χ0n) is 13.3. The lowest BCUT2D eigenvalue weighted by Crippen LogP contribution is -2.61. The fourth-order valence-electron chi connectivity index (χ4n) is 3.74. The minimum absolute atomic E-state index is 0.0145. The van der Waals surface area contributed by atoms with E-state index in [0.29, 0.717) is 0 Å². The maximum atomic E-state index is 6.31. The van der Waals surface area contributed by atoms with Gasteiger partial charge in [0, 0.05) is 31.3 Å². The normalized spacial score (nSPS) is 33.5. The van der Waals surface area contributed by atoms with Crippen molar-refractivity contribution in [3.63, 3.8) is 0 Å². The minimum atomic E-state index is -0.0145. The molecule has 21 heavy (non-hydrogen) atoms. The molecule has 2 heterocycles. The average molecular weight is 308 g/mol. The standard InChI is InChI=1S/C17H28N2OS/c1-3-16(2)12-17(13-18,7-8-20-16)19(15-4-5-15)10-14-6-9-21-11-14/h6,9,11,15H,3-5,7-8,10,12-13,18H2,1-2H3. The van der Waals surface area contributed by atoms with Crippen molar-refractivity contribution in [2.45, 2.75) is 69.7 Å². The van der Waals surface area contributed by atoms with Gasteiger partial charge in [-0.15, -0.1) is 0 Å². The fourth-order valence-corrected chi connectivity index (χ4v) is 4.40. The van der Waals surface area contributed by atoms with E-state index in [-0.39, 0.29) is 11.1 Å². The Morgan fingerprint density at radius 3 is 2.86 bits per heavy atom. The predicted octanol–water partition coefficient (Wildman–Crippen LogP) is 3.39. The van der Waals surface area contributed by atoms with E-state index >= 15 is 0 Å². The molecule has 2 fully saturated rings. The summed E-state index contributed by atoms with van der Waals surface area (Å²) in [5.74, 6) is 0. The van der Waals surface area contributed by atoms with Crippen molar-refractivity contribution in [3.05, 3.63) is 22.4 Å². The lowest BCUT2D eigenvalue weighted by molar-refractivity contribution is -0.132. The zero-order chi connectivity index (χ0) is 14.9. The molecular weight excluding hydrogens is 280 g/mol. The lowest BCUT2D eigenvalue weighted by atomic mass is 9.77. The first-order chi connectivity index (χ1) is 10.1. The first-order valence-corrected chi connectivity index (χ1v) is 9.17. The molecule has 1 aliphatic heterocycles. The maximum Gasteiger partial charge on any atom is 0.0670 e. The van der Waals surface area contributed by atoms with Crippen molar-refractivity contribution >= 4 is 11.3 Å². The quantitative estimate of drug-likeness (QED) is 0.875. The topological polar surface area (TPSA) is 38.5 Å². The van der Waals surface area contributed by atoms with Crippen LogP contribution in [0.5, 0.6) is 0 Å². The molecular formula is C17H28N2OS. The molecule has 0 spiro atoms. The van der Waals surface area contributed by atoms with Gasteiger partial charge in [-0.25, -0.2) is 0 Å². The predicted molar refractivity (Wildman–Crippen MR) is 88.6 cm³/mol. The summed E-state index contributed by atoms with van der Waals surface area (Å²) in [6.45, 7) is 7.12. The Labute approximate surface area is 132 Å². The summed E-state index contributed by atoms with van der Waals surface area (Å²) in [5.41, 5.74) is 7.85. The van der Waals surface area contributed by atoms with Gasteiger partial charge < -0.3 is 10.5 Å². The first kappa shape index (κ1) is 15.5. The Kier molecular flexibility index (Phi) is 4.42. The van der Waals surface area contributed by atoms with E-state index < -0.39 is 0 Å². The van der Waals surface area contributed by atoms with Crippen LogP contribution in [0.2, 0.25) is 0 Å². The Bertz CT molecular complexity index is 459. The van der Waals surface area contributed by atoms with Gasteiger partial charge in [-0.3, -0.25) is 4.90 Å². The summed E-state index contributed by atoms with van der Waals surface area (Å²) < 4.78 is 6.08. The second-order valence-electron chi connectivity index (χ2n) is 7.00. The maximum absolute atomic E-state index is 6.31. The summed E-state index contributed by atoms with van der Waals surface area (Å²) in [5, 5.41) is 4.45. The molecule has 2 atom stereocenters. The molecule has 3 rings (SSSR count). The molecule has 0 radical (unpaired) electrons. The smallest absolute Gasteiger partial charge is 0.0670 e. The molecule has 1 aromatic rings. The second-order valence-corrected chi connectivity index (χ2v) is 7.78. The third kappa shape index (κ3) is 3.19.